The molecule has 3 atom stereocenters. The Kier molecular flexibility index (Phi) is 7.55. The van der Waals surface area contributed by atoms with Crippen molar-refractivity contribution in [3.63, 3.8) is 0 Å². The minimum atomic E-state index is -0.101. The molecule has 0 radical (unpaired) electrons. The second-order valence-electron chi connectivity index (χ2n) is 11.3. The molecule has 1 aliphatic carbocycles. The number of likely N-dealkylation sites (tertiary alicyclic amines) is 1. The summed E-state index contributed by atoms with van der Waals surface area (Å²) >= 11 is 0. The topological polar surface area (TPSA) is 85.3 Å². The number of rotatable bonds is 8. The van der Waals surface area contributed by atoms with E-state index in [1.807, 2.05) is 4.90 Å². The van der Waals surface area contributed by atoms with Gasteiger partial charge in [-0.15, -0.1) is 0 Å². The number of ether oxygens (including phenoxy) is 1. The smallest absolute Gasteiger partial charge is 0.318 e. The molecule has 2 fully saturated rings. The Bertz CT molecular complexity index is 1220. The van der Waals surface area contributed by atoms with E-state index in [1.165, 1.54) is 23.6 Å². The second-order valence-corrected chi connectivity index (χ2v) is 11.3. The minimum Gasteiger partial charge on any atom is -0.462 e. The number of hydrogen-bond donors (Lipinski definition) is 1. The van der Waals surface area contributed by atoms with E-state index in [0.717, 1.165) is 56.0 Å². The van der Waals surface area contributed by atoms with Crippen molar-refractivity contribution in [1.82, 2.24) is 24.7 Å². The summed E-state index contributed by atoms with van der Waals surface area (Å²) in [5, 5.41) is 9.74. The number of piperazine rings is 1. The number of carbonyl (C=O) groups excluding carboxylic acids is 1. The van der Waals surface area contributed by atoms with Gasteiger partial charge in [0.15, 0.2) is 0 Å². The van der Waals surface area contributed by atoms with Gasteiger partial charge in [-0.2, -0.15) is 9.97 Å². The van der Waals surface area contributed by atoms with E-state index in [0.29, 0.717) is 50.8 Å². The molecule has 1 N–H and O–H groups in total. The number of aromatic nitrogens is 2. The van der Waals surface area contributed by atoms with Gasteiger partial charge in [-0.05, 0) is 62.9 Å². The number of nitrogens with zero attached hydrogens (tertiary/aromatic N) is 6. The summed E-state index contributed by atoms with van der Waals surface area (Å²) in [6, 6.07) is 9.91. The van der Waals surface area contributed by atoms with Crippen LogP contribution in [0, 0.1) is 0 Å². The maximum absolute atomic E-state index is 12.5. The van der Waals surface area contributed by atoms with Crippen LogP contribution in [0.25, 0.3) is 0 Å². The molecule has 0 spiro atoms. The number of aliphatic hydroxyl groups is 1. The Morgan fingerprint density at radius 3 is 2.82 bits per heavy atom. The molecular formula is C30H40N6O3. The first-order valence-electron chi connectivity index (χ1n) is 14.4. The molecule has 9 nitrogen and oxygen atoms in total. The standard InChI is InChI=1S/C30H40N6O3/c1-3-28(38)36-15-14-34(17-22(36)12-16-37)29-25-18-35(27-11-10-21-7-4-5-9-24(21)27)19-26(25)31-30(32-29)39-20-23-8-6-13-33(23)2/h3-5,7,9,22-23,27,37H,1,6,8,10-20H2,2H3/t22-,23-,27?/m0/s1. The van der Waals surface area contributed by atoms with Crippen LogP contribution in [-0.2, 0) is 24.3 Å². The van der Waals surface area contributed by atoms with Gasteiger partial charge in [-0.25, -0.2) is 0 Å². The summed E-state index contributed by atoms with van der Waals surface area (Å²) < 4.78 is 6.26. The van der Waals surface area contributed by atoms with Gasteiger partial charge in [0.1, 0.15) is 12.4 Å². The summed E-state index contributed by atoms with van der Waals surface area (Å²) in [6.45, 7) is 8.81. The van der Waals surface area contributed by atoms with Gasteiger partial charge in [0.2, 0.25) is 5.91 Å². The molecular weight excluding hydrogens is 492 g/mol. The van der Waals surface area contributed by atoms with Crippen LogP contribution in [0.1, 0.15) is 54.1 Å². The molecule has 1 amide bonds. The van der Waals surface area contributed by atoms with Gasteiger partial charge in [-0.3, -0.25) is 9.69 Å². The first kappa shape index (κ1) is 26.2. The zero-order valence-corrected chi connectivity index (χ0v) is 23.0. The molecule has 3 aliphatic heterocycles. The van der Waals surface area contributed by atoms with Crippen molar-refractivity contribution in [1.29, 1.82) is 0 Å². The van der Waals surface area contributed by atoms with Crippen LogP contribution in [0.5, 0.6) is 6.01 Å². The molecule has 2 aromatic rings. The zero-order valence-electron chi connectivity index (χ0n) is 23.0. The SMILES string of the molecule is C=CC(=O)N1CCN(c2nc(OC[C@@H]3CCCN3C)nc3c2CN(C2CCc4ccccc42)C3)C[C@@H]1CCO. The van der Waals surface area contributed by atoms with Crippen molar-refractivity contribution in [2.75, 3.05) is 51.3 Å². The molecule has 2 saturated heterocycles. The third-order valence-electron chi connectivity index (χ3n) is 9.09. The van der Waals surface area contributed by atoms with Crippen molar-refractivity contribution >= 4 is 11.7 Å². The number of aliphatic hydroxyl groups excluding tert-OH is 1. The Morgan fingerprint density at radius 2 is 2.03 bits per heavy atom. The highest BCUT2D eigenvalue weighted by Crippen LogP contribution is 2.42. The largest absolute Gasteiger partial charge is 0.462 e. The molecule has 4 aliphatic rings. The van der Waals surface area contributed by atoms with E-state index in [2.05, 4.69) is 52.6 Å². The lowest BCUT2D eigenvalue weighted by molar-refractivity contribution is -0.128. The fraction of sp³-hybridized carbons (Fsp3) is 0.567. The van der Waals surface area contributed by atoms with Crippen molar-refractivity contribution < 1.29 is 14.6 Å². The number of likely N-dealkylation sites (N-methyl/N-ethyl adjacent to an activating group) is 1. The fourth-order valence-electron chi connectivity index (χ4n) is 6.91. The van der Waals surface area contributed by atoms with E-state index in [-0.39, 0.29) is 18.6 Å². The molecule has 9 heteroatoms. The van der Waals surface area contributed by atoms with E-state index < -0.39 is 0 Å². The first-order chi connectivity index (χ1) is 19.1. The van der Waals surface area contributed by atoms with Crippen LogP contribution in [0.3, 0.4) is 0 Å². The molecule has 6 rings (SSSR count). The number of carbonyl (C=O) groups is 1. The van der Waals surface area contributed by atoms with Crippen molar-refractivity contribution in [2.24, 2.45) is 0 Å². The quantitative estimate of drug-likeness (QED) is 0.520. The van der Waals surface area contributed by atoms with Crippen LogP contribution in [0.15, 0.2) is 36.9 Å². The van der Waals surface area contributed by atoms with Crippen LogP contribution in [0.4, 0.5) is 5.82 Å². The van der Waals surface area contributed by atoms with Crippen molar-refractivity contribution in [2.45, 2.75) is 63.3 Å². The summed E-state index contributed by atoms with van der Waals surface area (Å²) in [7, 11) is 2.15. The third-order valence-corrected chi connectivity index (χ3v) is 9.09. The molecule has 39 heavy (non-hydrogen) atoms. The Labute approximate surface area is 231 Å². The average Bonchev–Trinajstić information content (AvgIpc) is 3.69. The fourth-order valence-corrected chi connectivity index (χ4v) is 6.91. The molecule has 1 aromatic carbocycles. The predicted molar refractivity (Wildman–Crippen MR) is 150 cm³/mol. The maximum Gasteiger partial charge on any atom is 0.318 e. The molecule has 4 heterocycles. The van der Waals surface area contributed by atoms with Gasteiger partial charge in [0.25, 0.3) is 0 Å². The predicted octanol–water partition coefficient (Wildman–Crippen LogP) is 2.54. The zero-order chi connectivity index (χ0) is 26.9. The second kappa shape index (κ2) is 11.2. The average molecular weight is 533 g/mol. The van der Waals surface area contributed by atoms with E-state index >= 15 is 0 Å². The summed E-state index contributed by atoms with van der Waals surface area (Å²) in [4.78, 5) is 31.5. The van der Waals surface area contributed by atoms with Gasteiger partial charge >= 0.3 is 6.01 Å². The van der Waals surface area contributed by atoms with Gasteiger partial charge < -0.3 is 24.5 Å². The number of benzene rings is 1. The lowest BCUT2D eigenvalue weighted by Gasteiger charge is -2.42. The summed E-state index contributed by atoms with van der Waals surface area (Å²) in [6.07, 6.45) is 6.44. The number of amides is 1. The Balaban J connectivity index is 1.28. The monoisotopic (exact) mass is 532 g/mol. The van der Waals surface area contributed by atoms with Crippen LogP contribution in [0.2, 0.25) is 0 Å². The minimum absolute atomic E-state index is 0.0272. The lowest BCUT2D eigenvalue weighted by Crippen LogP contribution is -2.55. The molecule has 1 aromatic heterocycles. The van der Waals surface area contributed by atoms with Gasteiger partial charge in [0.05, 0.1) is 11.7 Å². The van der Waals surface area contributed by atoms with Gasteiger partial charge in [0, 0.05) is 57.0 Å². The number of anilines is 1. The molecule has 208 valence electrons. The maximum atomic E-state index is 12.5. The van der Waals surface area contributed by atoms with Crippen molar-refractivity contribution in [3.05, 3.63) is 59.3 Å². The molecule has 0 saturated carbocycles. The van der Waals surface area contributed by atoms with Crippen LogP contribution in [-0.4, -0.2) is 94.2 Å². The lowest BCUT2D eigenvalue weighted by atomic mass is 10.1. The first-order valence-corrected chi connectivity index (χ1v) is 14.4. The van der Waals surface area contributed by atoms with E-state index in [4.69, 9.17) is 14.7 Å². The number of fused-ring (bicyclic) bond motifs is 2. The highest BCUT2D eigenvalue weighted by Gasteiger charge is 2.37. The summed E-state index contributed by atoms with van der Waals surface area (Å²) in [5.74, 6) is 0.828. The van der Waals surface area contributed by atoms with Gasteiger partial charge in [-0.1, -0.05) is 30.8 Å². The molecule has 1 unspecified atom stereocenters. The Hall–Kier alpha value is -3.01. The highest BCUT2D eigenvalue weighted by atomic mass is 16.5. The third kappa shape index (κ3) is 5.15. The number of aryl methyl sites for hydroxylation is 1. The summed E-state index contributed by atoms with van der Waals surface area (Å²) in [5.41, 5.74) is 5.09. The number of hydrogen-bond acceptors (Lipinski definition) is 8. The van der Waals surface area contributed by atoms with E-state index in [1.54, 1.807) is 0 Å². The molecule has 0 bridgehead atoms. The van der Waals surface area contributed by atoms with Crippen molar-refractivity contribution in [3.8, 4) is 6.01 Å². The highest BCUT2D eigenvalue weighted by molar-refractivity contribution is 5.87. The van der Waals surface area contributed by atoms with Crippen LogP contribution < -0.4 is 9.64 Å². The van der Waals surface area contributed by atoms with E-state index in [9.17, 15) is 9.90 Å². The normalized spacial score (nSPS) is 25.1. The van der Waals surface area contributed by atoms with Crippen LogP contribution >= 0.6 is 0 Å². The Morgan fingerprint density at radius 1 is 1.15 bits per heavy atom.